The Labute approximate surface area is 106 Å². The van der Waals surface area contributed by atoms with Crippen molar-refractivity contribution in [3.8, 4) is 0 Å². The summed E-state index contributed by atoms with van der Waals surface area (Å²) in [5, 5.41) is 1.82. The average Bonchev–Trinajstić information content (AvgIpc) is 2.24. The second-order valence-corrected chi connectivity index (χ2v) is 6.23. The van der Waals surface area contributed by atoms with Crippen molar-refractivity contribution in [1.82, 2.24) is 4.31 Å². The van der Waals surface area contributed by atoms with Crippen molar-refractivity contribution >= 4 is 27.7 Å². The normalized spacial score (nSPS) is 18.5. The smallest absolute Gasteiger partial charge is 0.236 e. The summed E-state index contributed by atoms with van der Waals surface area (Å²) in [6.45, 7) is 0.792. The van der Waals surface area contributed by atoms with E-state index in [4.69, 9.17) is 17.3 Å². The zero-order chi connectivity index (χ0) is 12.5. The van der Waals surface area contributed by atoms with Gasteiger partial charge in [0, 0.05) is 29.6 Å². The van der Waals surface area contributed by atoms with Gasteiger partial charge >= 0.3 is 0 Å². The van der Waals surface area contributed by atoms with E-state index in [1.165, 1.54) is 9.71 Å². The summed E-state index contributed by atoms with van der Waals surface area (Å²) in [5.41, 5.74) is 6.34. The molecule has 0 saturated carbocycles. The molecule has 0 spiro atoms. The number of sulfonamides is 1. The molecule has 0 radical (unpaired) electrons. The first-order chi connectivity index (χ1) is 7.97. The minimum atomic E-state index is -3.32. The number of hydrogen-bond acceptors (Lipinski definition) is 3. The number of halogens is 1. The SMILES string of the molecule is NC1CN(S(=O)(=O)C=Cc2ccc(Cl)cc2)C1. The summed E-state index contributed by atoms with van der Waals surface area (Å²) in [7, 11) is -3.32. The predicted octanol–water partition coefficient (Wildman–Crippen LogP) is 1.28. The van der Waals surface area contributed by atoms with Crippen LogP contribution in [0.2, 0.25) is 5.02 Å². The summed E-state index contributed by atoms with van der Waals surface area (Å²) in [6.07, 6.45) is 1.55. The van der Waals surface area contributed by atoms with Gasteiger partial charge in [-0.2, -0.15) is 4.31 Å². The van der Waals surface area contributed by atoms with E-state index in [1.54, 1.807) is 30.3 Å². The molecule has 0 amide bonds. The van der Waals surface area contributed by atoms with E-state index in [9.17, 15) is 8.42 Å². The Bertz CT molecular complexity index is 519. The zero-order valence-corrected chi connectivity index (χ0v) is 10.7. The van der Waals surface area contributed by atoms with E-state index < -0.39 is 10.0 Å². The van der Waals surface area contributed by atoms with Crippen LogP contribution in [0.3, 0.4) is 0 Å². The Balaban J connectivity index is 2.07. The molecule has 0 unspecified atom stereocenters. The van der Waals surface area contributed by atoms with E-state index >= 15 is 0 Å². The minimum absolute atomic E-state index is 0.0336. The molecule has 2 N–H and O–H groups in total. The Morgan fingerprint density at radius 2 is 1.88 bits per heavy atom. The van der Waals surface area contributed by atoms with Gasteiger partial charge in [-0.15, -0.1) is 0 Å². The van der Waals surface area contributed by atoms with Crippen molar-refractivity contribution in [3.05, 3.63) is 40.3 Å². The molecule has 1 aliphatic heterocycles. The molecule has 1 heterocycles. The lowest BCUT2D eigenvalue weighted by atomic mass is 10.2. The third kappa shape index (κ3) is 3.07. The van der Waals surface area contributed by atoms with Gasteiger partial charge in [0.05, 0.1) is 0 Å². The number of nitrogens with two attached hydrogens (primary N) is 1. The Hall–Kier alpha value is -0.880. The number of rotatable bonds is 3. The summed E-state index contributed by atoms with van der Waals surface area (Å²) < 4.78 is 24.9. The molecule has 0 atom stereocenters. The summed E-state index contributed by atoms with van der Waals surface area (Å²) in [5.74, 6) is 0. The van der Waals surface area contributed by atoms with Crippen LogP contribution >= 0.6 is 11.6 Å². The van der Waals surface area contributed by atoms with Gasteiger partial charge in [0.25, 0.3) is 0 Å². The van der Waals surface area contributed by atoms with Gasteiger partial charge in [0.2, 0.25) is 10.0 Å². The van der Waals surface area contributed by atoms with Crippen molar-refractivity contribution in [2.45, 2.75) is 6.04 Å². The molecule has 1 saturated heterocycles. The van der Waals surface area contributed by atoms with Crippen LogP contribution in [0, 0.1) is 0 Å². The highest BCUT2D eigenvalue weighted by Gasteiger charge is 2.31. The van der Waals surface area contributed by atoms with E-state index in [2.05, 4.69) is 0 Å². The molecular weight excluding hydrogens is 260 g/mol. The van der Waals surface area contributed by atoms with Crippen LogP contribution in [0.25, 0.3) is 6.08 Å². The molecule has 1 aromatic rings. The van der Waals surface area contributed by atoms with Crippen LogP contribution in [0.5, 0.6) is 0 Å². The van der Waals surface area contributed by atoms with Gasteiger partial charge in [0.15, 0.2) is 0 Å². The Kier molecular flexibility index (Phi) is 3.53. The molecular formula is C11H13ClN2O2S. The lowest BCUT2D eigenvalue weighted by molar-refractivity contribution is 0.269. The predicted molar refractivity (Wildman–Crippen MR) is 69.0 cm³/mol. The topological polar surface area (TPSA) is 63.4 Å². The summed E-state index contributed by atoms with van der Waals surface area (Å²) in [4.78, 5) is 0. The maximum atomic E-state index is 11.8. The molecule has 92 valence electrons. The fourth-order valence-corrected chi connectivity index (χ4v) is 2.93. The van der Waals surface area contributed by atoms with Crippen molar-refractivity contribution in [1.29, 1.82) is 0 Å². The molecule has 0 aliphatic carbocycles. The zero-order valence-electron chi connectivity index (χ0n) is 9.08. The molecule has 6 heteroatoms. The fourth-order valence-electron chi connectivity index (χ4n) is 1.50. The highest BCUT2D eigenvalue weighted by atomic mass is 35.5. The second-order valence-electron chi connectivity index (χ2n) is 3.98. The molecule has 0 bridgehead atoms. The third-order valence-electron chi connectivity index (χ3n) is 2.54. The lowest BCUT2D eigenvalue weighted by Crippen LogP contribution is -2.57. The van der Waals surface area contributed by atoms with E-state index in [0.29, 0.717) is 18.1 Å². The molecule has 1 aromatic carbocycles. The molecule has 1 aliphatic rings. The van der Waals surface area contributed by atoms with Gasteiger partial charge in [-0.3, -0.25) is 0 Å². The van der Waals surface area contributed by atoms with Gasteiger partial charge in [-0.25, -0.2) is 8.42 Å². The molecule has 2 rings (SSSR count). The van der Waals surface area contributed by atoms with Crippen LogP contribution < -0.4 is 5.73 Å². The first-order valence-corrected chi connectivity index (χ1v) is 7.05. The summed E-state index contributed by atoms with van der Waals surface area (Å²) in [6, 6.07) is 6.92. The molecule has 17 heavy (non-hydrogen) atoms. The maximum absolute atomic E-state index is 11.8. The number of nitrogens with zero attached hydrogens (tertiary/aromatic N) is 1. The summed E-state index contributed by atoms with van der Waals surface area (Å²) >= 11 is 5.74. The molecule has 0 aromatic heterocycles. The van der Waals surface area contributed by atoms with Crippen molar-refractivity contribution in [2.75, 3.05) is 13.1 Å². The monoisotopic (exact) mass is 272 g/mol. The van der Waals surface area contributed by atoms with Crippen molar-refractivity contribution in [3.63, 3.8) is 0 Å². The van der Waals surface area contributed by atoms with Crippen LogP contribution in [-0.2, 0) is 10.0 Å². The number of hydrogen-bond donors (Lipinski definition) is 1. The highest BCUT2D eigenvalue weighted by Crippen LogP contribution is 2.15. The Morgan fingerprint density at radius 3 is 2.41 bits per heavy atom. The first kappa shape index (κ1) is 12.6. The van der Waals surface area contributed by atoms with Gasteiger partial charge in [-0.1, -0.05) is 23.7 Å². The van der Waals surface area contributed by atoms with E-state index in [0.717, 1.165) is 5.56 Å². The average molecular weight is 273 g/mol. The van der Waals surface area contributed by atoms with Crippen LogP contribution in [-0.4, -0.2) is 31.9 Å². The first-order valence-electron chi connectivity index (χ1n) is 5.17. The largest absolute Gasteiger partial charge is 0.325 e. The van der Waals surface area contributed by atoms with Crippen LogP contribution in [0.1, 0.15) is 5.56 Å². The minimum Gasteiger partial charge on any atom is -0.325 e. The maximum Gasteiger partial charge on any atom is 0.236 e. The standard InChI is InChI=1S/C11H13ClN2O2S/c12-10-3-1-9(2-4-10)5-6-17(15,16)14-7-11(13)8-14/h1-6,11H,7-8,13H2. The van der Waals surface area contributed by atoms with E-state index in [1.807, 2.05) is 0 Å². The van der Waals surface area contributed by atoms with Gasteiger partial charge < -0.3 is 5.73 Å². The highest BCUT2D eigenvalue weighted by molar-refractivity contribution is 7.92. The third-order valence-corrected chi connectivity index (χ3v) is 4.29. The van der Waals surface area contributed by atoms with Gasteiger partial charge in [0.1, 0.15) is 0 Å². The van der Waals surface area contributed by atoms with E-state index in [-0.39, 0.29) is 6.04 Å². The van der Waals surface area contributed by atoms with Crippen LogP contribution in [0.4, 0.5) is 0 Å². The quantitative estimate of drug-likeness (QED) is 0.902. The second kappa shape index (κ2) is 4.78. The van der Waals surface area contributed by atoms with Crippen molar-refractivity contribution in [2.24, 2.45) is 5.73 Å². The Morgan fingerprint density at radius 1 is 1.29 bits per heavy atom. The van der Waals surface area contributed by atoms with Gasteiger partial charge in [-0.05, 0) is 23.8 Å². The van der Waals surface area contributed by atoms with Crippen LogP contribution in [0.15, 0.2) is 29.7 Å². The fraction of sp³-hybridized carbons (Fsp3) is 0.273. The lowest BCUT2D eigenvalue weighted by Gasteiger charge is -2.34. The van der Waals surface area contributed by atoms with Crippen molar-refractivity contribution < 1.29 is 8.42 Å². The molecule has 4 nitrogen and oxygen atoms in total. The number of benzene rings is 1. The molecule has 1 fully saturated rings.